The predicted octanol–water partition coefficient (Wildman–Crippen LogP) is 0.549. The van der Waals surface area contributed by atoms with Crippen molar-refractivity contribution in [1.82, 2.24) is 5.32 Å². The molecule has 1 amide bonds. The highest BCUT2D eigenvalue weighted by Gasteiger charge is 2.16. The monoisotopic (exact) mass is 235 g/mol. The lowest BCUT2D eigenvalue weighted by atomic mass is 10.1. The van der Waals surface area contributed by atoms with E-state index >= 15 is 0 Å². The van der Waals surface area contributed by atoms with E-state index in [0.29, 0.717) is 0 Å². The second-order valence-corrected chi connectivity index (χ2v) is 3.18. The number of amides is 1. The molecule has 0 aromatic heterocycles. The van der Waals surface area contributed by atoms with E-state index in [0.717, 1.165) is 0 Å². The maximum atomic E-state index is 11.6. The number of carbonyl (C=O) groups excluding carboxylic acids is 3. The molecule has 0 spiro atoms. The van der Waals surface area contributed by atoms with Gasteiger partial charge in [0.05, 0.1) is 6.61 Å². The lowest BCUT2D eigenvalue weighted by Gasteiger charge is -2.04. The third-order valence-electron chi connectivity index (χ3n) is 1.94. The highest BCUT2D eigenvalue weighted by atomic mass is 16.5. The Morgan fingerprint density at radius 2 is 1.82 bits per heavy atom. The van der Waals surface area contributed by atoms with Gasteiger partial charge in [-0.25, -0.2) is 0 Å². The molecule has 0 fully saturated rings. The van der Waals surface area contributed by atoms with E-state index < -0.39 is 17.7 Å². The van der Waals surface area contributed by atoms with E-state index in [4.69, 9.17) is 0 Å². The highest BCUT2D eigenvalue weighted by Crippen LogP contribution is 1.99. The van der Waals surface area contributed by atoms with Crippen molar-refractivity contribution in [2.75, 3.05) is 13.2 Å². The van der Waals surface area contributed by atoms with Gasteiger partial charge in [-0.15, -0.1) is 0 Å². The summed E-state index contributed by atoms with van der Waals surface area (Å²) in [5.41, 5.74) is 0.286. The van der Waals surface area contributed by atoms with Crippen LogP contribution in [-0.2, 0) is 14.3 Å². The summed E-state index contributed by atoms with van der Waals surface area (Å²) in [5, 5.41) is 2.20. The lowest BCUT2D eigenvalue weighted by molar-refractivity contribution is -0.143. The normalized spacial score (nSPS) is 9.47. The van der Waals surface area contributed by atoms with Gasteiger partial charge in [0.1, 0.15) is 6.54 Å². The number of ether oxygens (including phenoxy) is 1. The number of esters is 1. The van der Waals surface area contributed by atoms with Crippen LogP contribution in [0.25, 0.3) is 0 Å². The van der Waals surface area contributed by atoms with Crippen LogP contribution in [-0.4, -0.2) is 30.8 Å². The smallest absolute Gasteiger partial charge is 0.325 e. The highest BCUT2D eigenvalue weighted by molar-refractivity contribution is 6.42. The number of carbonyl (C=O) groups is 3. The van der Waals surface area contributed by atoms with Gasteiger partial charge in [0.15, 0.2) is 0 Å². The molecule has 1 N–H and O–H groups in total. The van der Waals surface area contributed by atoms with Gasteiger partial charge in [0.25, 0.3) is 5.91 Å². The van der Waals surface area contributed by atoms with Crippen LogP contribution in [0.15, 0.2) is 30.3 Å². The summed E-state index contributed by atoms with van der Waals surface area (Å²) in [4.78, 5) is 33.9. The Hall–Kier alpha value is -2.17. The maximum absolute atomic E-state index is 11.6. The standard InChI is InChI=1S/C12H13NO4/c1-2-17-10(14)8-13-12(16)11(15)9-6-4-3-5-7-9/h3-7H,2,8H2,1H3,(H,13,16). The van der Waals surface area contributed by atoms with E-state index in [1.54, 1.807) is 25.1 Å². The number of hydrogen-bond donors (Lipinski definition) is 1. The fraction of sp³-hybridized carbons (Fsp3) is 0.250. The van der Waals surface area contributed by atoms with Crippen molar-refractivity contribution >= 4 is 17.7 Å². The molecule has 1 aromatic rings. The first kappa shape index (κ1) is 12.9. The molecule has 90 valence electrons. The van der Waals surface area contributed by atoms with Crippen molar-refractivity contribution in [3.05, 3.63) is 35.9 Å². The van der Waals surface area contributed by atoms with E-state index in [2.05, 4.69) is 10.1 Å². The van der Waals surface area contributed by atoms with Gasteiger partial charge in [-0.3, -0.25) is 14.4 Å². The van der Waals surface area contributed by atoms with Crippen molar-refractivity contribution in [1.29, 1.82) is 0 Å². The van der Waals surface area contributed by atoms with E-state index in [-0.39, 0.29) is 18.7 Å². The van der Waals surface area contributed by atoms with Crippen LogP contribution in [0.5, 0.6) is 0 Å². The number of rotatable bonds is 5. The molecule has 0 unspecified atom stereocenters. The SMILES string of the molecule is CCOC(=O)CNC(=O)C(=O)c1ccccc1. The first-order valence-electron chi connectivity index (χ1n) is 5.18. The Bertz CT molecular complexity index is 414. The largest absolute Gasteiger partial charge is 0.465 e. The Balaban J connectivity index is 2.49. The summed E-state index contributed by atoms with van der Waals surface area (Å²) in [6.45, 7) is 1.60. The van der Waals surface area contributed by atoms with E-state index in [1.807, 2.05) is 0 Å². The molecule has 5 heteroatoms. The molecule has 0 heterocycles. The molecule has 0 aliphatic carbocycles. The fourth-order valence-electron chi connectivity index (χ4n) is 1.17. The summed E-state index contributed by atoms with van der Waals surface area (Å²) in [6, 6.07) is 8.13. The van der Waals surface area contributed by atoms with Gasteiger partial charge in [0.2, 0.25) is 5.78 Å². The first-order chi connectivity index (χ1) is 8.15. The van der Waals surface area contributed by atoms with Gasteiger partial charge in [-0.05, 0) is 6.92 Å². The number of benzene rings is 1. The van der Waals surface area contributed by atoms with Crippen molar-refractivity contribution < 1.29 is 19.1 Å². The topological polar surface area (TPSA) is 72.5 Å². The predicted molar refractivity (Wildman–Crippen MR) is 60.4 cm³/mol. The third-order valence-corrected chi connectivity index (χ3v) is 1.94. The quantitative estimate of drug-likeness (QED) is 0.459. The Kier molecular flexibility index (Phi) is 4.87. The van der Waals surface area contributed by atoms with Gasteiger partial charge in [-0.2, -0.15) is 0 Å². The first-order valence-corrected chi connectivity index (χ1v) is 5.18. The molecule has 0 radical (unpaired) electrons. The van der Waals surface area contributed by atoms with Gasteiger partial charge in [0, 0.05) is 5.56 Å². The minimum absolute atomic E-state index is 0.237. The van der Waals surface area contributed by atoms with Crippen molar-refractivity contribution in [2.24, 2.45) is 0 Å². The molecular formula is C12H13NO4. The zero-order chi connectivity index (χ0) is 12.7. The molecule has 5 nitrogen and oxygen atoms in total. The lowest BCUT2D eigenvalue weighted by Crippen LogP contribution is -2.35. The third kappa shape index (κ3) is 4.06. The van der Waals surface area contributed by atoms with Crippen LogP contribution in [0.1, 0.15) is 17.3 Å². The maximum Gasteiger partial charge on any atom is 0.325 e. The van der Waals surface area contributed by atoms with Crippen LogP contribution >= 0.6 is 0 Å². The average Bonchev–Trinajstić information content (AvgIpc) is 2.36. The average molecular weight is 235 g/mol. The number of nitrogens with one attached hydrogen (secondary N) is 1. The number of Topliss-reactive ketones (excluding diaryl/α,β-unsaturated/α-hetero) is 1. The van der Waals surface area contributed by atoms with Crippen LogP contribution < -0.4 is 5.32 Å². The zero-order valence-electron chi connectivity index (χ0n) is 9.43. The Morgan fingerprint density at radius 3 is 2.41 bits per heavy atom. The minimum Gasteiger partial charge on any atom is -0.465 e. The van der Waals surface area contributed by atoms with E-state index in [9.17, 15) is 14.4 Å². The van der Waals surface area contributed by atoms with Gasteiger partial charge >= 0.3 is 5.97 Å². The number of ketones is 1. The zero-order valence-corrected chi connectivity index (χ0v) is 9.43. The summed E-state index contributed by atoms with van der Waals surface area (Å²) in [7, 11) is 0. The van der Waals surface area contributed by atoms with Crippen molar-refractivity contribution in [3.8, 4) is 0 Å². The summed E-state index contributed by atoms with van der Waals surface area (Å²) < 4.78 is 4.61. The van der Waals surface area contributed by atoms with Crippen molar-refractivity contribution in [3.63, 3.8) is 0 Å². The van der Waals surface area contributed by atoms with Crippen molar-refractivity contribution in [2.45, 2.75) is 6.92 Å². The summed E-state index contributed by atoms with van der Waals surface area (Å²) >= 11 is 0. The molecule has 0 bridgehead atoms. The second kappa shape index (κ2) is 6.42. The molecule has 17 heavy (non-hydrogen) atoms. The Labute approximate surface area is 98.8 Å². The van der Waals surface area contributed by atoms with Crippen LogP contribution in [0.4, 0.5) is 0 Å². The molecule has 0 saturated heterocycles. The molecule has 1 aromatic carbocycles. The molecule has 0 saturated carbocycles. The fourth-order valence-corrected chi connectivity index (χ4v) is 1.17. The summed E-state index contributed by atoms with van der Waals surface area (Å²) in [6.07, 6.45) is 0. The second-order valence-electron chi connectivity index (χ2n) is 3.18. The van der Waals surface area contributed by atoms with Crippen LogP contribution in [0.2, 0.25) is 0 Å². The molecule has 0 aliphatic rings. The minimum atomic E-state index is -0.816. The van der Waals surface area contributed by atoms with Gasteiger partial charge < -0.3 is 10.1 Å². The molecule has 0 aliphatic heterocycles. The van der Waals surface area contributed by atoms with E-state index in [1.165, 1.54) is 12.1 Å². The van der Waals surface area contributed by atoms with Gasteiger partial charge in [-0.1, -0.05) is 30.3 Å². The van der Waals surface area contributed by atoms with Crippen LogP contribution in [0, 0.1) is 0 Å². The molecular weight excluding hydrogens is 222 g/mol. The summed E-state index contributed by atoms with van der Waals surface area (Å²) in [5.74, 6) is -2.05. The van der Waals surface area contributed by atoms with Crippen LogP contribution in [0.3, 0.4) is 0 Å². The Morgan fingerprint density at radius 1 is 1.18 bits per heavy atom. The molecule has 0 atom stereocenters. The number of hydrogen-bond acceptors (Lipinski definition) is 4. The molecule has 1 rings (SSSR count).